The number of hydrogen-bond acceptors (Lipinski definition) is 2. The van der Waals surface area contributed by atoms with Gasteiger partial charge >= 0.3 is 0 Å². The van der Waals surface area contributed by atoms with E-state index in [0.29, 0.717) is 5.02 Å². The fraction of sp³-hybridized carbons (Fsp3) is 0.500. The van der Waals surface area contributed by atoms with E-state index in [1.807, 2.05) is 12.1 Å². The first kappa shape index (κ1) is 13.0. The molecule has 0 radical (unpaired) electrons. The third kappa shape index (κ3) is 4.19. The van der Waals surface area contributed by atoms with Crippen molar-refractivity contribution in [3.05, 3.63) is 45.0 Å². The maximum Gasteiger partial charge on any atom is 0.210 e. The number of hydrogen-bond donors (Lipinski definition) is 0. The summed E-state index contributed by atoms with van der Waals surface area (Å²) in [5.41, 5.74) is 1.01. The lowest BCUT2D eigenvalue weighted by molar-refractivity contribution is -0.483. The van der Waals surface area contributed by atoms with Gasteiger partial charge in [-0.1, -0.05) is 43.5 Å². The molecule has 0 spiro atoms. The van der Waals surface area contributed by atoms with Gasteiger partial charge in [0.25, 0.3) is 0 Å². The SMILES string of the molecule is CCCCC(C[N+](=O)[O-])c1ccc(Cl)cc1. The highest BCUT2D eigenvalue weighted by Crippen LogP contribution is 2.23. The van der Waals surface area contributed by atoms with Crippen molar-refractivity contribution in [1.82, 2.24) is 0 Å². The van der Waals surface area contributed by atoms with Crippen molar-refractivity contribution >= 4 is 11.6 Å². The van der Waals surface area contributed by atoms with E-state index in [-0.39, 0.29) is 17.4 Å². The van der Waals surface area contributed by atoms with Crippen LogP contribution in [0.15, 0.2) is 24.3 Å². The molecule has 1 aromatic rings. The quantitative estimate of drug-likeness (QED) is 0.560. The molecule has 0 aliphatic carbocycles. The monoisotopic (exact) mass is 241 g/mol. The molecule has 0 aliphatic heterocycles. The zero-order valence-electron chi connectivity index (χ0n) is 9.36. The number of benzene rings is 1. The van der Waals surface area contributed by atoms with E-state index in [0.717, 1.165) is 24.8 Å². The molecule has 0 saturated heterocycles. The molecule has 0 amide bonds. The Balaban J connectivity index is 2.74. The molecule has 0 aromatic heterocycles. The second-order valence-corrected chi connectivity index (χ2v) is 4.34. The van der Waals surface area contributed by atoms with Crippen LogP contribution >= 0.6 is 11.6 Å². The van der Waals surface area contributed by atoms with Crippen LogP contribution in [0, 0.1) is 10.1 Å². The molecule has 4 heteroatoms. The fourth-order valence-electron chi connectivity index (χ4n) is 1.73. The molecule has 3 nitrogen and oxygen atoms in total. The largest absolute Gasteiger partial charge is 0.265 e. The average molecular weight is 242 g/mol. The molecule has 1 aromatic carbocycles. The number of nitro groups is 1. The highest BCUT2D eigenvalue weighted by Gasteiger charge is 2.16. The van der Waals surface area contributed by atoms with E-state index >= 15 is 0 Å². The Labute approximate surface area is 101 Å². The molecule has 0 bridgehead atoms. The van der Waals surface area contributed by atoms with Gasteiger partial charge in [0.05, 0.1) is 0 Å². The summed E-state index contributed by atoms with van der Waals surface area (Å²) in [6.07, 6.45) is 2.93. The maximum atomic E-state index is 10.6. The van der Waals surface area contributed by atoms with Crippen LogP contribution in [0.1, 0.15) is 37.7 Å². The van der Waals surface area contributed by atoms with E-state index in [2.05, 4.69) is 6.92 Å². The first-order valence-corrected chi connectivity index (χ1v) is 5.88. The van der Waals surface area contributed by atoms with Crippen molar-refractivity contribution in [3.8, 4) is 0 Å². The molecule has 88 valence electrons. The Morgan fingerprint density at radius 3 is 2.50 bits per heavy atom. The molecular weight excluding hydrogens is 226 g/mol. The Hall–Kier alpha value is -1.09. The van der Waals surface area contributed by atoms with Gasteiger partial charge in [-0.3, -0.25) is 10.1 Å². The lowest BCUT2D eigenvalue weighted by Crippen LogP contribution is -2.12. The maximum absolute atomic E-state index is 10.6. The number of unbranched alkanes of at least 4 members (excludes halogenated alkanes) is 1. The van der Waals surface area contributed by atoms with E-state index in [9.17, 15) is 10.1 Å². The fourth-order valence-corrected chi connectivity index (χ4v) is 1.85. The minimum absolute atomic E-state index is 0.00162. The van der Waals surface area contributed by atoms with Crippen molar-refractivity contribution in [2.45, 2.75) is 32.1 Å². The van der Waals surface area contributed by atoms with Gasteiger partial charge in [0.1, 0.15) is 0 Å². The Morgan fingerprint density at radius 1 is 1.38 bits per heavy atom. The minimum Gasteiger partial charge on any atom is -0.265 e. The van der Waals surface area contributed by atoms with Crippen molar-refractivity contribution in [3.63, 3.8) is 0 Å². The van der Waals surface area contributed by atoms with Crippen LogP contribution in [0.25, 0.3) is 0 Å². The van der Waals surface area contributed by atoms with Gasteiger partial charge < -0.3 is 0 Å². The highest BCUT2D eigenvalue weighted by atomic mass is 35.5. The van der Waals surface area contributed by atoms with Gasteiger partial charge in [0.2, 0.25) is 6.54 Å². The normalized spacial score (nSPS) is 12.4. The smallest absolute Gasteiger partial charge is 0.210 e. The zero-order valence-corrected chi connectivity index (χ0v) is 10.1. The molecule has 16 heavy (non-hydrogen) atoms. The first-order valence-electron chi connectivity index (χ1n) is 5.50. The predicted molar refractivity (Wildman–Crippen MR) is 65.6 cm³/mol. The number of nitrogens with zero attached hydrogens (tertiary/aromatic N) is 1. The zero-order chi connectivity index (χ0) is 12.0. The van der Waals surface area contributed by atoms with Crippen molar-refractivity contribution in [2.24, 2.45) is 0 Å². The molecule has 0 N–H and O–H groups in total. The molecule has 0 aliphatic rings. The molecular formula is C12H16ClNO2. The number of halogens is 1. The molecule has 1 unspecified atom stereocenters. The third-order valence-corrected chi connectivity index (χ3v) is 2.87. The van der Waals surface area contributed by atoms with E-state index in [4.69, 9.17) is 11.6 Å². The van der Waals surface area contributed by atoms with Gasteiger partial charge in [-0.2, -0.15) is 0 Å². The summed E-state index contributed by atoms with van der Waals surface area (Å²) in [4.78, 5) is 10.4. The summed E-state index contributed by atoms with van der Waals surface area (Å²) >= 11 is 5.79. The lowest BCUT2D eigenvalue weighted by Gasteiger charge is -2.12. The summed E-state index contributed by atoms with van der Waals surface area (Å²) < 4.78 is 0. The molecule has 1 atom stereocenters. The van der Waals surface area contributed by atoms with Gasteiger partial charge in [-0.15, -0.1) is 0 Å². The molecule has 1 rings (SSSR count). The van der Waals surface area contributed by atoms with Gasteiger partial charge in [-0.05, 0) is 24.1 Å². The van der Waals surface area contributed by atoms with Crippen LogP contribution in [-0.2, 0) is 0 Å². The van der Waals surface area contributed by atoms with Crippen LogP contribution in [0.3, 0.4) is 0 Å². The average Bonchev–Trinajstić information content (AvgIpc) is 2.25. The van der Waals surface area contributed by atoms with Crippen molar-refractivity contribution < 1.29 is 4.92 Å². The standard InChI is InChI=1S/C12H16ClNO2/c1-2-3-4-11(9-14(15)16)10-5-7-12(13)8-6-10/h5-8,11H,2-4,9H2,1H3. The molecule has 0 fully saturated rings. The summed E-state index contributed by atoms with van der Waals surface area (Å²) in [5.74, 6) is 0.00668. The van der Waals surface area contributed by atoms with Gasteiger partial charge in [0.15, 0.2) is 0 Å². The van der Waals surface area contributed by atoms with E-state index < -0.39 is 0 Å². The van der Waals surface area contributed by atoms with Crippen LogP contribution < -0.4 is 0 Å². The van der Waals surface area contributed by atoms with Crippen molar-refractivity contribution in [1.29, 1.82) is 0 Å². The Kier molecular flexibility index (Phi) is 5.26. The third-order valence-electron chi connectivity index (χ3n) is 2.62. The number of rotatable bonds is 6. The van der Waals surface area contributed by atoms with Crippen LogP contribution in [0.5, 0.6) is 0 Å². The topological polar surface area (TPSA) is 43.1 Å². The van der Waals surface area contributed by atoms with Gasteiger partial charge in [0, 0.05) is 15.9 Å². The van der Waals surface area contributed by atoms with Crippen LogP contribution in [0.4, 0.5) is 0 Å². The summed E-state index contributed by atoms with van der Waals surface area (Å²) in [5, 5.41) is 11.3. The summed E-state index contributed by atoms with van der Waals surface area (Å²) in [6.45, 7) is 2.09. The van der Waals surface area contributed by atoms with Crippen molar-refractivity contribution in [2.75, 3.05) is 6.54 Å². The summed E-state index contributed by atoms with van der Waals surface area (Å²) in [7, 11) is 0. The first-order chi connectivity index (χ1) is 7.63. The second-order valence-electron chi connectivity index (χ2n) is 3.91. The Bertz CT molecular complexity index is 337. The second kappa shape index (κ2) is 6.48. The Morgan fingerprint density at radius 2 is 2.00 bits per heavy atom. The molecule has 0 heterocycles. The summed E-state index contributed by atoms with van der Waals surface area (Å²) in [6, 6.07) is 7.34. The van der Waals surface area contributed by atoms with Crippen LogP contribution in [0.2, 0.25) is 5.02 Å². The highest BCUT2D eigenvalue weighted by molar-refractivity contribution is 6.30. The predicted octanol–water partition coefficient (Wildman–Crippen LogP) is 3.89. The van der Waals surface area contributed by atoms with Crippen LogP contribution in [-0.4, -0.2) is 11.5 Å². The van der Waals surface area contributed by atoms with Gasteiger partial charge in [-0.25, -0.2) is 0 Å². The van der Waals surface area contributed by atoms with E-state index in [1.165, 1.54) is 0 Å². The minimum atomic E-state index is -0.241. The van der Waals surface area contributed by atoms with E-state index in [1.54, 1.807) is 12.1 Å². The molecule has 0 saturated carbocycles. The lowest BCUT2D eigenvalue weighted by atomic mass is 9.94.